The van der Waals surface area contributed by atoms with Crippen LogP contribution in [0.15, 0.2) is 28.8 Å². The van der Waals surface area contributed by atoms with E-state index in [2.05, 4.69) is 10.5 Å². The van der Waals surface area contributed by atoms with Crippen LogP contribution in [0.4, 0.5) is 5.69 Å². The fraction of sp³-hybridized carbons (Fsp3) is 0.375. The number of anilines is 1. The number of nitrogens with two attached hydrogens (primary N) is 1. The number of rotatable bonds is 7. The standard InChI is InChI=1S/C16H21N3O2S/c1-11-15(12(2)21-19-11)9-22-10-16(20)18-8-7-13-3-5-14(17)6-4-13/h3-6H,7-10,17H2,1-2H3,(H,18,20). The van der Waals surface area contributed by atoms with Crippen LogP contribution in [-0.4, -0.2) is 23.4 Å². The number of nitrogens with one attached hydrogen (secondary N) is 1. The Morgan fingerprint density at radius 3 is 2.68 bits per heavy atom. The fourth-order valence-corrected chi connectivity index (χ4v) is 3.04. The number of hydrogen-bond donors (Lipinski definition) is 2. The number of carbonyl (C=O) groups is 1. The molecular weight excluding hydrogens is 298 g/mol. The van der Waals surface area contributed by atoms with Gasteiger partial charge in [-0.1, -0.05) is 17.3 Å². The Kier molecular flexibility index (Phi) is 5.89. The van der Waals surface area contributed by atoms with E-state index in [1.165, 1.54) is 0 Å². The summed E-state index contributed by atoms with van der Waals surface area (Å²) in [6.45, 7) is 4.44. The smallest absolute Gasteiger partial charge is 0.230 e. The number of nitrogens with zero attached hydrogens (tertiary/aromatic N) is 1. The molecule has 0 saturated carbocycles. The largest absolute Gasteiger partial charge is 0.399 e. The van der Waals surface area contributed by atoms with E-state index in [1.54, 1.807) is 11.8 Å². The maximum absolute atomic E-state index is 11.8. The van der Waals surface area contributed by atoms with Crippen molar-refractivity contribution in [1.82, 2.24) is 10.5 Å². The molecule has 1 amide bonds. The highest BCUT2D eigenvalue weighted by molar-refractivity contribution is 7.99. The Morgan fingerprint density at radius 2 is 2.05 bits per heavy atom. The summed E-state index contributed by atoms with van der Waals surface area (Å²) in [5.41, 5.74) is 9.53. The molecule has 6 heteroatoms. The zero-order chi connectivity index (χ0) is 15.9. The van der Waals surface area contributed by atoms with E-state index in [0.717, 1.165) is 40.4 Å². The fourth-order valence-electron chi connectivity index (χ4n) is 2.04. The van der Waals surface area contributed by atoms with Gasteiger partial charge in [-0.25, -0.2) is 0 Å². The Balaban J connectivity index is 1.65. The lowest BCUT2D eigenvalue weighted by Gasteiger charge is -2.06. The summed E-state index contributed by atoms with van der Waals surface area (Å²) in [5, 5.41) is 6.83. The van der Waals surface area contributed by atoms with Gasteiger partial charge in [0, 0.05) is 23.5 Å². The van der Waals surface area contributed by atoms with E-state index < -0.39 is 0 Å². The molecule has 0 bridgehead atoms. The Hall–Kier alpha value is -1.95. The van der Waals surface area contributed by atoms with Crippen LogP contribution in [0.25, 0.3) is 0 Å². The van der Waals surface area contributed by atoms with Gasteiger partial charge in [0.15, 0.2) is 0 Å². The van der Waals surface area contributed by atoms with Crippen molar-refractivity contribution in [2.24, 2.45) is 0 Å². The predicted molar refractivity (Wildman–Crippen MR) is 89.7 cm³/mol. The van der Waals surface area contributed by atoms with Crippen molar-refractivity contribution in [2.75, 3.05) is 18.0 Å². The number of hydrogen-bond acceptors (Lipinski definition) is 5. The highest BCUT2D eigenvalue weighted by Gasteiger charge is 2.09. The topological polar surface area (TPSA) is 81.2 Å². The van der Waals surface area contributed by atoms with Gasteiger partial charge in [-0.15, -0.1) is 11.8 Å². The minimum Gasteiger partial charge on any atom is -0.399 e. The van der Waals surface area contributed by atoms with E-state index in [1.807, 2.05) is 38.1 Å². The summed E-state index contributed by atoms with van der Waals surface area (Å²) in [6, 6.07) is 7.70. The molecule has 0 fully saturated rings. The molecule has 0 atom stereocenters. The van der Waals surface area contributed by atoms with Crippen LogP contribution in [0.2, 0.25) is 0 Å². The molecule has 0 aliphatic heterocycles. The molecule has 0 spiro atoms. The summed E-state index contributed by atoms with van der Waals surface area (Å²) in [7, 11) is 0. The van der Waals surface area contributed by atoms with Gasteiger partial charge in [0.05, 0.1) is 11.4 Å². The first-order valence-corrected chi connectivity index (χ1v) is 8.32. The highest BCUT2D eigenvalue weighted by atomic mass is 32.2. The van der Waals surface area contributed by atoms with Crippen LogP contribution >= 0.6 is 11.8 Å². The van der Waals surface area contributed by atoms with Crippen LogP contribution in [0.1, 0.15) is 22.6 Å². The molecule has 3 N–H and O–H groups in total. The van der Waals surface area contributed by atoms with Crippen LogP contribution in [0.5, 0.6) is 0 Å². The number of amides is 1. The van der Waals surface area contributed by atoms with Gasteiger partial charge < -0.3 is 15.6 Å². The number of benzene rings is 1. The first-order valence-electron chi connectivity index (χ1n) is 7.17. The van der Waals surface area contributed by atoms with E-state index >= 15 is 0 Å². The SMILES string of the molecule is Cc1noc(C)c1CSCC(=O)NCCc1ccc(N)cc1. The number of aromatic nitrogens is 1. The maximum atomic E-state index is 11.8. The number of aryl methyl sites for hydroxylation is 2. The van der Waals surface area contributed by atoms with E-state index in [9.17, 15) is 4.79 Å². The van der Waals surface area contributed by atoms with E-state index in [-0.39, 0.29) is 5.91 Å². The average Bonchev–Trinajstić information content (AvgIpc) is 2.81. The third kappa shape index (κ3) is 4.80. The molecule has 5 nitrogen and oxygen atoms in total. The second kappa shape index (κ2) is 7.89. The van der Waals surface area contributed by atoms with Crippen molar-refractivity contribution >= 4 is 23.4 Å². The number of thioether (sulfide) groups is 1. The van der Waals surface area contributed by atoms with Crippen LogP contribution < -0.4 is 11.1 Å². The van der Waals surface area contributed by atoms with Gasteiger partial charge in [-0.2, -0.15) is 0 Å². The van der Waals surface area contributed by atoms with Gasteiger partial charge in [0.25, 0.3) is 0 Å². The lowest BCUT2D eigenvalue weighted by molar-refractivity contribution is -0.118. The summed E-state index contributed by atoms with van der Waals surface area (Å²) in [4.78, 5) is 11.8. The average molecular weight is 319 g/mol. The second-order valence-corrected chi connectivity index (χ2v) is 6.12. The Morgan fingerprint density at radius 1 is 1.32 bits per heavy atom. The third-order valence-electron chi connectivity index (χ3n) is 3.38. The number of carbonyl (C=O) groups excluding carboxylic acids is 1. The quantitative estimate of drug-likeness (QED) is 0.766. The molecule has 0 aliphatic rings. The van der Waals surface area contributed by atoms with Crippen LogP contribution in [-0.2, 0) is 17.0 Å². The highest BCUT2D eigenvalue weighted by Crippen LogP contribution is 2.19. The lowest BCUT2D eigenvalue weighted by atomic mass is 10.1. The van der Waals surface area contributed by atoms with Gasteiger partial charge in [-0.05, 0) is 38.0 Å². The maximum Gasteiger partial charge on any atom is 0.230 e. The van der Waals surface area contributed by atoms with Gasteiger partial charge in [0.1, 0.15) is 5.76 Å². The van der Waals surface area contributed by atoms with Crippen molar-refractivity contribution in [3.63, 3.8) is 0 Å². The second-order valence-electron chi connectivity index (χ2n) is 5.14. The predicted octanol–water partition coefficient (Wildman–Crippen LogP) is 2.47. The molecule has 1 aromatic heterocycles. The molecule has 0 radical (unpaired) electrons. The molecule has 0 aliphatic carbocycles. The molecule has 1 heterocycles. The van der Waals surface area contributed by atoms with E-state index in [4.69, 9.17) is 10.3 Å². The lowest BCUT2D eigenvalue weighted by Crippen LogP contribution is -2.27. The van der Waals surface area contributed by atoms with Crippen molar-refractivity contribution in [2.45, 2.75) is 26.0 Å². The van der Waals surface area contributed by atoms with Crippen molar-refractivity contribution in [3.05, 3.63) is 46.8 Å². The minimum absolute atomic E-state index is 0.0483. The zero-order valence-corrected chi connectivity index (χ0v) is 13.7. The van der Waals surface area contributed by atoms with E-state index in [0.29, 0.717) is 12.3 Å². The van der Waals surface area contributed by atoms with Crippen molar-refractivity contribution in [3.8, 4) is 0 Å². The summed E-state index contributed by atoms with van der Waals surface area (Å²) < 4.78 is 5.10. The zero-order valence-electron chi connectivity index (χ0n) is 12.9. The molecule has 0 saturated heterocycles. The minimum atomic E-state index is 0.0483. The number of nitrogen functional groups attached to an aromatic ring is 1. The molecule has 22 heavy (non-hydrogen) atoms. The third-order valence-corrected chi connectivity index (χ3v) is 4.34. The van der Waals surface area contributed by atoms with Gasteiger partial charge in [-0.3, -0.25) is 4.79 Å². The van der Waals surface area contributed by atoms with Crippen LogP contribution in [0.3, 0.4) is 0 Å². The van der Waals surface area contributed by atoms with Crippen molar-refractivity contribution < 1.29 is 9.32 Å². The Labute approximate surface area is 134 Å². The molecule has 2 aromatic rings. The normalized spacial score (nSPS) is 10.6. The van der Waals surface area contributed by atoms with Crippen LogP contribution in [0, 0.1) is 13.8 Å². The summed E-state index contributed by atoms with van der Waals surface area (Å²) >= 11 is 1.57. The molecule has 118 valence electrons. The first-order chi connectivity index (χ1) is 10.6. The molecule has 0 unspecified atom stereocenters. The summed E-state index contributed by atoms with van der Waals surface area (Å²) in [6.07, 6.45) is 0.806. The molecular formula is C16H21N3O2S. The van der Waals surface area contributed by atoms with Gasteiger partial charge in [0.2, 0.25) is 5.91 Å². The summed E-state index contributed by atoms with van der Waals surface area (Å²) in [5.74, 6) is 2.05. The van der Waals surface area contributed by atoms with Crippen molar-refractivity contribution in [1.29, 1.82) is 0 Å². The molecule has 2 rings (SSSR count). The first kappa shape index (κ1) is 16.4. The Bertz CT molecular complexity index is 603. The van der Waals surface area contributed by atoms with Gasteiger partial charge >= 0.3 is 0 Å². The molecule has 1 aromatic carbocycles. The monoisotopic (exact) mass is 319 g/mol.